The molecule has 2 atom stereocenters. The number of ketones is 1. The van der Waals surface area contributed by atoms with E-state index in [4.69, 9.17) is 18.0 Å². The van der Waals surface area contributed by atoms with Gasteiger partial charge in [0.05, 0.1) is 0 Å². The monoisotopic (exact) mass is 274 g/mol. The molecule has 1 aliphatic rings. The minimum absolute atomic E-state index is 0.0424. The summed E-state index contributed by atoms with van der Waals surface area (Å²) in [4.78, 5) is 12.5. The van der Waals surface area contributed by atoms with Gasteiger partial charge in [0.15, 0.2) is 10.9 Å². The Labute approximate surface area is 118 Å². The molecule has 100 valence electrons. The van der Waals surface area contributed by atoms with E-state index in [1.165, 1.54) is 0 Å². The van der Waals surface area contributed by atoms with E-state index in [0.29, 0.717) is 18.0 Å². The van der Waals surface area contributed by atoms with E-state index >= 15 is 0 Å². The Morgan fingerprint density at radius 3 is 2.89 bits per heavy atom. The maximum absolute atomic E-state index is 12.5. The Hall–Kier alpha value is -1.68. The number of carbonyl (C=O) groups excluding carboxylic acids is 1. The van der Waals surface area contributed by atoms with Crippen LogP contribution in [0.3, 0.4) is 0 Å². The molecular formula is C15H18N2OS. The third kappa shape index (κ3) is 3.01. The molecule has 0 bridgehead atoms. The zero-order chi connectivity index (χ0) is 14.0. The van der Waals surface area contributed by atoms with Crippen molar-refractivity contribution in [1.82, 2.24) is 5.32 Å². The summed E-state index contributed by atoms with van der Waals surface area (Å²) in [5.41, 5.74) is 8.11. The van der Waals surface area contributed by atoms with Crippen molar-refractivity contribution in [2.45, 2.75) is 25.7 Å². The van der Waals surface area contributed by atoms with Crippen molar-refractivity contribution in [2.75, 3.05) is 0 Å². The van der Waals surface area contributed by atoms with Crippen molar-refractivity contribution < 1.29 is 4.79 Å². The Balaban J connectivity index is 2.16. The molecule has 0 amide bonds. The second-order valence-corrected chi connectivity index (χ2v) is 5.52. The van der Waals surface area contributed by atoms with Crippen LogP contribution < -0.4 is 11.1 Å². The predicted octanol–water partition coefficient (Wildman–Crippen LogP) is 2.73. The maximum atomic E-state index is 12.5. The van der Waals surface area contributed by atoms with E-state index in [-0.39, 0.29) is 16.8 Å². The van der Waals surface area contributed by atoms with E-state index < -0.39 is 0 Å². The molecule has 1 aromatic rings. The lowest BCUT2D eigenvalue weighted by Gasteiger charge is -2.28. The van der Waals surface area contributed by atoms with Crippen molar-refractivity contribution in [1.29, 1.82) is 0 Å². The van der Waals surface area contributed by atoms with E-state index in [1.807, 2.05) is 24.3 Å². The number of thiocarbonyl (C=S) groups is 1. The fourth-order valence-corrected chi connectivity index (χ4v) is 2.87. The minimum atomic E-state index is -0.0424. The SMILES string of the molecule is C=C(CC1CC(C)c2ccccc2C1=O)NC(N)=S. The summed E-state index contributed by atoms with van der Waals surface area (Å²) in [7, 11) is 0. The van der Waals surface area contributed by atoms with Crippen molar-refractivity contribution >= 4 is 23.1 Å². The van der Waals surface area contributed by atoms with Gasteiger partial charge >= 0.3 is 0 Å². The summed E-state index contributed by atoms with van der Waals surface area (Å²) in [6.07, 6.45) is 1.42. The molecule has 3 N–H and O–H groups in total. The Bertz CT molecular complexity index is 539. The summed E-state index contributed by atoms with van der Waals surface area (Å²) in [5, 5.41) is 3.01. The van der Waals surface area contributed by atoms with Gasteiger partial charge < -0.3 is 11.1 Å². The fourth-order valence-electron chi connectivity index (χ4n) is 2.73. The summed E-state index contributed by atoms with van der Waals surface area (Å²) in [6, 6.07) is 7.84. The largest absolute Gasteiger partial charge is 0.376 e. The predicted molar refractivity (Wildman–Crippen MR) is 81.0 cm³/mol. The second-order valence-electron chi connectivity index (χ2n) is 5.08. The molecule has 2 unspecified atom stereocenters. The van der Waals surface area contributed by atoms with E-state index in [9.17, 15) is 4.79 Å². The van der Waals surface area contributed by atoms with Gasteiger partial charge in [-0.05, 0) is 36.5 Å². The first-order chi connectivity index (χ1) is 8.99. The van der Waals surface area contributed by atoms with Gasteiger partial charge in [-0.3, -0.25) is 4.79 Å². The first-order valence-electron chi connectivity index (χ1n) is 6.36. The van der Waals surface area contributed by atoms with Gasteiger partial charge in [-0.15, -0.1) is 0 Å². The number of nitrogens with one attached hydrogen (secondary N) is 1. The highest BCUT2D eigenvalue weighted by atomic mass is 32.1. The molecule has 19 heavy (non-hydrogen) atoms. The van der Waals surface area contributed by atoms with Crippen LogP contribution in [-0.2, 0) is 0 Å². The highest BCUT2D eigenvalue weighted by molar-refractivity contribution is 7.80. The number of nitrogens with two attached hydrogens (primary N) is 1. The Morgan fingerprint density at radius 2 is 2.21 bits per heavy atom. The van der Waals surface area contributed by atoms with Crippen molar-refractivity contribution in [3.05, 3.63) is 47.7 Å². The van der Waals surface area contributed by atoms with Gasteiger partial charge in [-0.2, -0.15) is 0 Å². The Morgan fingerprint density at radius 1 is 1.53 bits per heavy atom. The first kappa shape index (κ1) is 13.7. The molecule has 0 saturated carbocycles. The zero-order valence-electron chi connectivity index (χ0n) is 11.0. The lowest BCUT2D eigenvalue weighted by Crippen LogP contribution is -2.31. The topological polar surface area (TPSA) is 55.1 Å². The second kappa shape index (κ2) is 5.53. The lowest BCUT2D eigenvalue weighted by molar-refractivity contribution is 0.0892. The molecule has 3 nitrogen and oxygen atoms in total. The number of Topliss-reactive ketones (excluding diaryl/α,β-unsaturated/α-hetero) is 1. The number of allylic oxidation sites excluding steroid dienone is 1. The number of rotatable bonds is 3. The fraction of sp³-hybridized carbons (Fsp3) is 0.333. The number of benzene rings is 1. The van der Waals surface area contributed by atoms with Crippen LogP contribution >= 0.6 is 12.2 Å². The van der Waals surface area contributed by atoms with E-state index in [2.05, 4.69) is 18.8 Å². The van der Waals surface area contributed by atoms with Crippen LogP contribution in [0.25, 0.3) is 0 Å². The van der Waals surface area contributed by atoms with Gasteiger partial charge in [0.1, 0.15) is 0 Å². The van der Waals surface area contributed by atoms with Gasteiger partial charge in [-0.1, -0.05) is 37.8 Å². The summed E-state index contributed by atoms with van der Waals surface area (Å²) >= 11 is 4.78. The third-order valence-electron chi connectivity index (χ3n) is 3.56. The summed E-state index contributed by atoms with van der Waals surface area (Å²) < 4.78 is 0. The van der Waals surface area contributed by atoms with E-state index in [0.717, 1.165) is 17.5 Å². The summed E-state index contributed by atoms with van der Waals surface area (Å²) in [5.74, 6) is 0.537. The number of hydrogen-bond acceptors (Lipinski definition) is 2. The van der Waals surface area contributed by atoms with Gasteiger partial charge in [0.25, 0.3) is 0 Å². The van der Waals surface area contributed by atoms with Gasteiger partial charge in [0, 0.05) is 17.2 Å². The molecule has 0 fully saturated rings. The van der Waals surface area contributed by atoms with Crippen LogP contribution in [0.1, 0.15) is 41.6 Å². The van der Waals surface area contributed by atoms with Crippen molar-refractivity contribution in [3.8, 4) is 0 Å². The molecule has 0 aliphatic heterocycles. The molecule has 4 heteroatoms. The summed E-state index contributed by atoms with van der Waals surface area (Å²) in [6.45, 7) is 6.03. The molecular weight excluding hydrogens is 256 g/mol. The highest BCUT2D eigenvalue weighted by Gasteiger charge is 2.31. The molecule has 0 heterocycles. The van der Waals surface area contributed by atoms with Crippen molar-refractivity contribution in [2.24, 2.45) is 11.7 Å². The van der Waals surface area contributed by atoms with Crippen LogP contribution in [0.4, 0.5) is 0 Å². The highest BCUT2D eigenvalue weighted by Crippen LogP contribution is 2.36. The zero-order valence-corrected chi connectivity index (χ0v) is 11.8. The molecule has 0 aromatic heterocycles. The Kier molecular flexibility index (Phi) is 4.00. The number of carbonyl (C=O) groups is 1. The first-order valence-corrected chi connectivity index (χ1v) is 6.77. The number of fused-ring (bicyclic) bond motifs is 1. The van der Waals surface area contributed by atoms with Crippen LogP contribution in [0.5, 0.6) is 0 Å². The molecule has 0 saturated heterocycles. The van der Waals surface area contributed by atoms with E-state index in [1.54, 1.807) is 0 Å². The lowest BCUT2D eigenvalue weighted by atomic mass is 9.75. The standard InChI is InChI=1S/C15H18N2OS/c1-9-7-11(8-10(2)17-15(16)19)14(18)13-6-4-3-5-12(9)13/h3-6,9,11H,2,7-8H2,1H3,(H3,16,17,19). The maximum Gasteiger partial charge on any atom is 0.167 e. The van der Waals surface area contributed by atoms with Crippen LogP contribution in [-0.4, -0.2) is 10.9 Å². The van der Waals surface area contributed by atoms with Gasteiger partial charge in [0.2, 0.25) is 0 Å². The third-order valence-corrected chi connectivity index (χ3v) is 3.66. The average Bonchev–Trinajstić information content (AvgIpc) is 2.34. The smallest absolute Gasteiger partial charge is 0.167 e. The van der Waals surface area contributed by atoms with Crippen LogP contribution in [0.2, 0.25) is 0 Å². The normalized spacial score (nSPS) is 21.6. The molecule has 1 aromatic carbocycles. The number of hydrogen-bond donors (Lipinski definition) is 2. The molecule has 0 radical (unpaired) electrons. The van der Waals surface area contributed by atoms with Crippen LogP contribution in [0, 0.1) is 5.92 Å². The quantitative estimate of drug-likeness (QED) is 0.832. The molecule has 2 rings (SSSR count). The molecule has 0 spiro atoms. The average molecular weight is 274 g/mol. The van der Waals surface area contributed by atoms with Crippen LogP contribution in [0.15, 0.2) is 36.5 Å². The minimum Gasteiger partial charge on any atom is -0.376 e. The molecule has 1 aliphatic carbocycles. The van der Waals surface area contributed by atoms with Gasteiger partial charge in [-0.25, -0.2) is 0 Å². The van der Waals surface area contributed by atoms with Crippen molar-refractivity contribution in [3.63, 3.8) is 0 Å².